The van der Waals surface area contributed by atoms with Crippen LogP contribution in [0.5, 0.6) is 5.75 Å². The second-order valence-corrected chi connectivity index (χ2v) is 8.20. The van der Waals surface area contributed by atoms with Gasteiger partial charge in [-0.05, 0) is 52.7 Å². The molecule has 6 aromatic rings. The Morgan fingerprint density at radius 1 is 0.676 bits per heavy atom. The van der Waals surface area contributed by atoms with Crippen molar-refractivity contribution in [2.75, 3.05) is 0 Å². The molecule has 0 atom stereocenters. The van der Waals surface area contributed by atoms with Crippen molar-refractivity contribution in [1.82, 2.24) is 0 Å². The summed E-state index contributed by atoms with van der Waals surface area (Å²) in [7, 11) is 0. The highest BCUT2D eigenvalue weighted by Crippen LogP contribution is 2.36. The smallest absolute Gasteiger partial charge is 0.200 e. The van der Waals surface area contributed by atoms with Gasteiger partial charge in [0.05, 0.1) is 16.3 Å². The topological polar surface area (TPSA) is 67.5 Å². The molecule has 0 fully saturated rings. The van der Waals surface area contributed by atoms with Crippen LogP contribution in [0.3, 0.4) is 0 Å². The van der Waals surface area contributed by atoms with Crippen molar-refractivity contribution in [3.05, 3.63) is 124 Å². The van der Waals surface area contributed by atoms with Crippen LogP contribution in [0.1, 0.15) is 15.9 Å². The lowest BCUT2D eigenvalue weighted by Gasteiger charge is -2.13. The number of hydrogen-bond donors (Lipinski definition) is 1. The van der Waals surface area contributed by atoms with Gasteiger partial charge in [0.1, 0.15) is 16.9 Å². The Balaban J connectivity index is 1.74. The first kappa shape index (κ1) is 19.9. The quantitative estimate of drug-likeness (QED) is 0.245. The van der Waals surface area contributed by atoms with E-state index in [-0.39, 0.29) is 22.5 Å². The van der Waals surface area contributed by atoms with Crippen LogP contribution < -0.4 is 5.43 Å². The average Bonchev–Trinajstić information content (AvgIpc) is 2.88. The Hall–Kier alpha value is -4.70. The van der Waals surface area contributed by atoms with Crippen molar-refractivity contribution in [2.45, 2.75) is 0 Å². The summed E-state index contributed by atoms with van der Waals surface area (Å²) in [6.07, 6.45) is 0. The summed E-state index contributed by atoms with van der Waals surface area (Å²) in [5.41, 5.74) is 2.69. The van der Waals surface area contributed by atoms with Gasteiger partial charge in [0, 0.05) is 11.1 Å². The van der Waals surface area contributed by atoms with Crippen molar-refractivity contribution < 1.29 is 14.3 Å². The number of hydrogen-bond acceptors (Lipinski definition) is 4. The van der Waals surface area contributed by atoms with E-state index in [1.807, 2.05) is 48.5 Å². The van der Waals surface area contributed by atoms with Crippen LogP contribution >= 0.6 is 0 Å². The largest absolute Gasteiger partial charge is 0.507 e. The highest BCUT2D eigenvalue weighted by molar-refractivity contribution is 6.15. The zero-order chi connectivity index (χ0) is 23.2. The van der Waals surface area contributed by atoms with Crippen LogP contribution in [0, 0.1) is 0 Å². The first-order chi connectivity index (χ1) is 16.6. The van der Waals surface area contributed by atoms with Gasteiger partial charge < -0.3 is 9.52 Å². The Morgan fingerprint density at radius 2 is 1.38 bits per heavy atom. The summed E-state index contributed by atoms with van der Waals surface area (Å²) in [5.74, 6) is -0.473. The molecule has 0 radical (unpaired) electrons. The van der Waals surface area contributed by atoms with Gasteiger partial charge >= 0.3 is 0 Å². The molecule has 1 aromatic heterocycles. The van der Waals surface area contributed by atoms with Gasteiger partial charge in [-0.3, -0.25) is 9.59 Å². The molecule has 0 aliphatic carbocycles. The van der Waals surface area contributed by atoms with Crippen LogP contribution in [-0.2, 0) is 0 Å². The second-order valence-electron chi connectivity index (χ2n) is 8.20. The fraction of sp³-hybridized carbons (Fsp3) is 0. The first-order valence-electron chi connectivity index (χ1n) is 10.9. The number of para-hydroxylation sites is 2. The molecule has 0 bridgehead atoms. The Labute approximate surface area is 194 Å². The first-order valence-corrected chi connectivity index (χ1v) is 10.9. The third-order valence-corrected chi connectivity index (χ3v) is 6.17. The summed E-state index contributed by atoms with van der Waals surface area (Å²) in [6, 6.07) is 30.7. The molecule has 0 aliphatic heterocycles. The minimum atomic E-state index is -0.367. The number of fused-ring (bicyclic) bond motifs is 3. The van der Waals surface area contributed by atoms with Crippen LogP contribution in [0.25, 0.3) is 43.8 Å². The van der Waals surface area contributed by atoms with E-state index in [4.69, 9.17) is 4.42 Å². The maximum absolute atomic E-state index is 13.5. The van der Waals surface area contributed by atoms with Crippen molar-refractivity contribution in [2.24, 2.45) is 0 Å². The minimum absolute atomic E-state index is 0.107. The summed E-state index contributed by atoms with van der Waals surface area (Å²) in [4.78, 5) is 26.9. The van der Waals surface area contributed by atoms with Gasteiger partial charge in [0.2, 0.25) is 5.43 Å². The lowest BCUT2D eigenvalue weighted by Crippen LogP contribution is -2.07. The maximum Gasteiger partial charge on any atom is 0.200 e. The molecule has 162 valence electrons. The summed E-state index contributed by atoms with van der Waals surface area (Å²) in [5, 5.41) is 13.1. The standard InChI is InChI=1S/C30H18O4/c31-26-14-5-3-11-22(26)28(32)19-16-24(21-13-7-9-18-8-1-2-10-20(18)21)30-25(17-19)29(33)23-12-4-6-15-27(23)34-30/h1-17,31H. The van der Waals surface area contributed by atoms with Crippen molar-refractivity contribution in [3.63, 3.8) is 0 Å². The third-order valence-electron chi connectivity index (χ3n) is 6.17. The molecule has 0 spiro atoms. The number of ketones is 1. The average molecular weight is 442 g/mol. The highest BCUT2D eigenvalue weighted by Gasteiger charge is 2.20. The zero-order valence-electron chi connectivity index (χ0n) is 18.0. The van der Waals surface area contributed by atoms with E-state index in [9.17, 15) is 14.7 Å². The third kappa shape index (κ3) is 3.08. The van der Waals surface area contributed by atoms with Gasteiger partial charge in [0.25, 0.3) is 0 Å². The molecular formula is C30H18O4. The highest BCUT2D eigenvalue weighted by atomic mass is 16.3. The molecular weight excluding hydrogens is 424 g/mol. The van der Waals surface area contributed by atoms with E-state index in [0.29, 0.717) is 33.1 Å². The molecule has 1 N–H and O–H groups in total. The molecule has 0 unspecified atom stereocenters. The lowest BCUT2D eigenvalue weighted by molar-refractivity contribution is 0.103. The predicted octanol–water partition coefficient (Wildman–Crippen LogP) is 6.70. The zero-order valence-corrected chi connectivity index (χ0v) is 18.0. The summed E-state index contributed by atoms with van der Waals surface area (Å²) < 4.78 is 6.26. The molecule has 0 amide bonds. The number of rotatable bonds is 3. The fourth-order valence-corrected chi connectivity index (χ4v) is 4.52. The number of carbonyl (C=O) groups excluding carboxylic acids is 1. The number of aromatic hydroxyl groups is 1. The van der Waals surface area contributed by atoms with Crippen LogP contribution in [0.15, 0.2) is 112 Å². The van der Waals surface area contributed by atoms with E-state index in [1.54, 1.807) is 48.5 Å². The monoisotopic (exact) mass is 442 g/mol. The van der Waals surface area contributed by atoms with Crippen molar-refractivity contribution >= 4 is 38.5 Å². The van der Waals surface area contributed by atoms with Gasteiger partial charge in [-0.25, -0.2) is 0 Å². The molecule has 5 aromatic carbocycles. The minimum Gasteiger partial charge on any atom is -0.507 e. The number of benzene rings is 5. The summed E-state index contributed by atoms with van der Waals surface area (Å²) >= 11 is 0. The van der Waals surface area contributed by atoms with Crippen molar-refractivity contribution in [1.29, 1.82) is 0 Å². The molecule has 0 aliphatic rings. The van der Waals surface area contributed by atoms with Crippen LogP contribution in [-0.4, -0.2) is 10.9 Å². The van der Waals surface area contributed by atoms with Gasteiger partial charge in [-0.15, -0.1) is 0 Å². The Morgan fingerprint density at radius 3 is 2.24 bits per heavy atom. The normalized spacial score (nSPS) is 11.3. The molecule has 0 saturated carbocycles. The van der Waals surface area contributed by atoms with E-state index in [0.717, 1.165) is 16.3 Å². The Kier molecular flexibility index (Phi) is 4.52. The molecule has 4 heteroatoms. The number of carbonyl (C=O) groups is 1. The van der Waals surface area contributed by atoms with Crippen molar-refractivity contribution in [3.8, 4) is 16.9 Å². The molecule has 34 heavy (non-hydrogen) atoms. The fourth-order valence-electron chi connectivity index (χ4n) is 4.52. The molecule has 6 rings (SSSR count). The SMILES string of the molecule is O=C(c1cc(-c2cccc3ccccc23)c2oc3ccccc3c(=O)c2c1)c1ccccc1O. The Bertz CT molecular complexity index is 1810. The van der Waals surface area contributed by atoms with E-state index in [1.165, 1.54) is 6.07 Å². The molecule has 0 saturated heterocycles. The molecule has 4 nitrogen and oxygen atoms in total. The van der Waals surface area contributed by atoms with Gasteiger partial charge in [0.15, 0.2) is 5.78 Å². The summed E-state index contributed by atoms with van der Waals surface area (Å²) in [6.45, 7) is 0. The predicted molar refractivity (Wildman–Crippen MR) is 134 cm³/mol. The number of phenols is 1. The van der Waals surface area contributed by atoms with Gasteiger partial charge in [-0.1, -0.05) is 66.7 Å². The van der Waals surface area contributed by atoms with E-state index in [2.05, 4.69) is 0 Å². The van der Waals surface area contributed by atoms with Crippen LogP contribution in [0.4, 0.5) is 0 Å². The molecule has 1 heterocycles. The van der Waals surface area contributed by atoms with E-state index >= 15 is 0 Å². The van der Waals surface area contributed by atoms with E-state index < -0.39 is 0 Å². The lowest BCUT2D eigenvalue weighted by atomic mass is 9.92. The van der Waals surface area contributed by atoms with Crippen LogP contribution in [0.2, 0.25) is 0 Å². The van der Waals surface area contributed by atoms with Gasteiger partial charge in [-0.2, -0.15) is 0 Å². The number of phenolic OH excluding ortho intramolecular Hbond substituents is 1. The maximum atomic E-state index is 13.5. The second kappa shape index (κ2) is 7.71.